The molecule has 10 heteroatoms. The van der Waals surface area contributed by atoms with Crippen molar-refractivity contribution in [1.82, 2.24) is 0 Å². The summed E-state index contributed by atoms with van der Waals surface area (Å²) in [5, 5.41) is 11.1. The first-order valence-electron chi connectivity index (χ1n) is 14.1. The fourth-order valence-corrected chi connectivity index (χ4v) is 9.46. The number of hydrogen-bond donors (Lipinski definition) is 1. The smallest absolute Gasteiger partial charge is 0.306 e. The number of aliphatic hydroxyl groups excluding tert-OH is 1. The molecule has 0 unspecified atom stereocenters. The van der Waals surface area contributed by atoms with Crippen molar-refractivity contribution in [2.75, 3.05) is 5.75 Å². The Balaban J connectivity index is 1.55. The fourth-order valence-electron chi connectivity index (χ4n) is 8.36. The molecular formula is C31H36F2O7S. The topological polar surface area (TPSA) is 111 Å². The highest BCUT2D eigenvalue weighted by Crippen LogP contribution is 2.72. The lowest BCUT2D eigenvalue weighted by Crippen LogP contribution is -2.70. The minimum absolute atomic E-state index is 0.0134. The van der Waals surface area contributed by atoms with Crippen molar-refractivity contribution in [2.24, 2.45) is 28.6 Å². The molecule has 0 bridgehead atoms. The van der Waals surface area contributed by atoms with Gasteiger partial charge < -0.3 is 14.3 Å². The van der Waals surface area contributed by atoms with Crippen molar-refractivity contribution in [3.8, 4) is 0 Å². The van der Waals surface area contributed by atoms with Crippen LogP contribution in [0, 0.1) is 35.5 Å². The summed E-state index contributed by atoms with van der Waals surface area (Å²) in [5.41, 5.74) is -6.91. The van der Waals surface area contributed by atoms with Gasteiger partial charge in [-0.25, -0.2) is 8.78 Å². The highest BCUT2D eigenvalue weighted by Gasteiger charge is 2.78. The first kappa shape index (κ1) is 29.9. The predicted octanol–water partition coefficient (Wildman–Crippen LogP) is 5.29. The van der Waals surface area contributed by atoms with Crippen LogP contribution < -0.4 is 0 Å². The maximum Gasteiger partial charge on any atom is 0.306 e. The van der Waals surface area contributed by atoms with Gasteiger partial charge in [-0.15, -0.1) is 0 Å². The molecule has 0 aliphatic heterocycles. The van der Waals surface area contributed by atoms with E-state index in [0.29, 0.717) is 17.5 Å². The minimum Gasteiger partial charge on any atom is -0.458 e. The second kappa shape index (κ2) is 10.0. The lowest BCUT2D eigenvalue weighted by atomic mass is 9.44. The average Bonchev–Trinajstić information content (AvgIpc) is 3.45. The van der Waals surface area contributed by atoms with Crippen LogP contribution in [0.4, 0.5) is 8.78 Å². The van der Waals surface area contributed by atoms with E-state index in [2.05, 4.69) is 0 Å². The number of allylic oxidation sites excluding steroid dienone is 4. The van der Waals surface area contributed by atoms with Gasteiger partial charge in [0.25, 0.3) is 0 Å². The fraction of sp³-hybridized carbons (Fsp3) is 0.613. The Morgan fingerprint density at radius 2 is 1.90 bits per heavy atom. The van der Waals surface area contributed by atoms with Crippen molar-refractivity contribution in [3.63, 3.8) is 0 Å². The number of carbonyl (C=O) groups is 4. The number of aryl methyl sites for hydroxylation is 1. The van der Waals surface area contributed by atoms with E-state index in [9.17, 15) is 24.3 Å². The molecule has 41 heavy (non-hydrogen) atoms. The number of aliphatic hydroxyl groups is 1. The summed E-state index contributed by atoms with van der Waals surface area (Å²) in [6, 6.07) is 3.17. The molecule has 3 fully saturated rings. The van der Waals surface area contributed by atoms with E-state index in [1.165, 1.54) is 25.1 Å². The molecule has 222 valence electrons. The SMILES string of the molecule is CCC(=O)O[C@]1(C(=O)SCC(=O)c2ccc(C)o2)[C@H](C)C[C@H]2[C@@H]3C[C@H](F)C4=CC(=O)C=C[C@]4(C)[C@@]3(F)[C@@H](O)C[C@@]21C. The van der Waals surface area contributed by atoms with E-state index in [1.54, 1.807) is 33.8 Å². The van der Waals surface area contributed by atoms with Crippen LogP contribution >= 0.6 is 11.8 Å². The molecule has 5 rings (SSSR count). The number of furan rings is 1. The molecular weight excluding hydrogens is 554 g/mol. The van der Waals surface area contributed by atoms with Gasteiger partial charge in [-0.3, -0.25) is 19.2 Å². The number of carbonyl (C=O) groups excluding carboxylic acids is 4. The average molecular weight is 591 g/mol. The minimum atomic E-state index is -2.32. The van der Waals surface area contributed by atoms with E-state index in [0.717, 1.165) is 6.08 Å². The van der Waals surface area contributed by atoms with Gasteiger partial charge in [-0.05, 0) is 68.9 Å². The summed E-state index contributed by atoms with van der Waals surface area (Å²) in [4.78, 5) is 51.9. The van der Waals surface area contributed by atoms with Crippen LogP contribution in [-0.2, 0) is 19.1 Å². The van der Waals surface area contributed by atoms with Crippen molar-refractivity contribution in [3.05, 3.63) is 47.5 Å². The number of halogens is 2. The molecule has 3 saturated carbocycles. The van der Waals surface area contributed by atoms with Crippen LogP contribution in [0.2, 0.25) is 0 Å². The lowest BCUT2D eigenvalue weighted by Gasteiger charge is -2.63. The van der Waals surface area contributed by atoms with Crippen LogP contribution in [0.15, 0.2) is 40.4 Å². The second-order valence-corrected chi connectivity index (χ2v) is 13.4. The van der Waals surface area contributed by atoms with Crippen LogP contribution in [0.5, 0.6) is 0 Å². The standard InChI is InChI=1S/C31H36F2O7S/c1-6-26(37)40-31(27(38)41-15-23(35)24-8-7-17(3)39-24)16(2)11-19-20-13-22(32)21-12-18(34)9-10-28(21,4)30(20,33)25(36)14-29(19,31)5/h7-10,12,16,19-20,22,25,36H,6,11,13-15H2,1-5H3/t16-,19+,20+,22+,25+,28+,29+,30+,31+/m1/s1. The molecule has 4 aliphatic carbocycles. The van der Waals surface area contributed by atoms with Crippen molar-refractivity contribution in [1.29, 1.82) is 0 Å². The molecule has 7 nitrogen and oxygen atoms in total. The monoisotopic (exact) mass is 590 g/mol. The van der Waals surface area contributed by atoms with E-state index in [1.807, 2.05) is 0 Å². The summed E-state index contributed by atoms with van der Waals surface area (Å²) < 4.78 is 44.7. The van der Waals surface area contributed by atoms with Gasteiger partial charge in [0.1, 0.15) is 11.9 Å². The highest BCUT2D eigenvalue weighted by molar-refractivity contribution is 8.14. The van der Waals surface area contributed by atoms with E-state index >= 15 is 8.78 Å². The zero-order valence-corrected chi connectivity index (χ0v) is 24.7. The lowest BCUT2D eigenvalue weighted by molar-refractivity contribution is -0.228. The number of thioether (sulfide) groups is 1. The Kier molecular flexibility index (Phi) is 7.29. The van der Waals surface area contributed by atoms with Gasteiger partial charge in [0, 0.05) is 29.1 Å². The zero-order valence-electron chi connectivity index (χ0n) is 23.9. The van der Waals surface area contributed by atoms with Crippen LogP contribution in [0.3, 0.4) is 0 Å². The number of Topliss-reactive ketones (excluding diaryl/α,β-unsaturated/α-hetero) is 1. The van der Waals surface area contributed by atoms with Crippen molar-refractivity contribution in [2.45, 2.75) is 83.8 Å². The number of alkyl halides is 2. The molecule has 9 atom stereocenters. The third kappa shape index (κ3) is 4.07. The Hall–Kier alpha value is -2.59. The Morgan fingerprint density at radius 1 is 1.20 bits per heavy atom. The summed E-state index contributed by atoms with van der Waals surface area (Å²) in [6.07, 6.45) is 0.148. The quantitative estimate of drug-likeness (QED) is 0.352. The highest BCUT2D eigenvalue weighted by atomic mass is 32.2. The van der Waals surface area contributed by atoms with Crippen LogP contribution in [0.25, 0.3) is 0 Å². The van der Waals surface area contributed by atoms with E-state index < -0.39 is 74.8 Å². The maximum atomic E-state index is 17.5. The summed E-state index contributed by atoms with van der Waals surface area (Å²) in [7, 11) is 0. The number of hydrogen-bond acceptors (Lipinski definition) is 8. The molecule has 1 N–H and O–H groups in total. The van der Waals surface area contributed by atoms with Gasteiger partial charge >= 0.3 is 5.97 Å². The van der Waals surface area contributed by atoms with E-state index in [-0.39, 0.29) is 42.8 Å². The summed E-state index contributed by atoms with van der Waals surface area (Å²) in [6.45, 7) is 8.26. The molecule has 0 aromatic carbocycles. The molecule has 4 aliphatic rings. The Bertz CT molecular complexity index is 1370. The first-order chi connectivity index (χ1) is 19.2. The summed E-state index contributed by atoms with van der Waals surface area (Å²) in [5.74, 6) is -3.35. The number of esters is 1. The largest absolute Gasteiger partial charge is 0.458 e. The van der Waals surface area contributed by atoms with Gasteiger partial charge in [0.15, 0.2) is 22.8 Å². The molecule has 0 saturated heterocycles. The molecule has 1 aromatic rings. The van der Waals surface area contributed by atoms with Gasteiger partial charge in [0.05, 0.1) is 11.9 Å². The molecule has 1 heterocycles. The zero-order chi connectivity index (χ0) is 30.1. The van der Waals surface area contributed by atoms with Crippen molar-refractivity contribution < 1.29 is 42.2 Å². The molecule has 0 spiro atoms. The third-order valence-electron chi connectivity index (χ3n) is 10.4. The Morgan fingerprint density at radius 3 is 2.54 bits per heavy atom. The van der Waals surface area contributed by atoms with E-state index in [4.69, 9.17) is 9.15 Å². The number of fused-ring (bicyclic) bond motifs is 5. The van der Waals surface area contributed by atoms with Crippen LogP contribution in [0.1, 0.15) is 69.7 Å². The third-order valence-corrected chi connectivity index (χ3v) is 11.4. The van der Waals surface area contributed by atoms with Gasteiger partial charge in [-0.1, -0.05) is 38.6 Å². The summed E-state index contributed by atoms with van der Waals surface area (Å²) >= 11 is 0.710. The number of ketones is 2. The van der Waals surface area contributed by atoms with Crippen molar-refractivity contribution >= 4 is 34.4 Å². The normalized spacial score (nSPS) is 41.2. The molecule has 0 amide bonds. The Labute approximate surface area is 242 Å². The molecule has 0 radical (unpaired) electrons. The maximum absolute atomic E-state index is 17.5. The predicted molar refractivity (Wildman–Crippen MR) is 148 cm³/mol. The number of rotatable bonds is 6. The second-order valence-electron chi connectivity index (χ2n) is 12.5. The molecule has 1 aromatic heterocycles. The van der Waals surface area contributed by atoms with Gasteiger partial charge in [0.2, 0.25) is 10.9 Å². The number of ether oxygens (including phenoxy) is 1. The first-order valence-corrected chi connectivity index (χ1v) is 15.1. The van der Waals surface area contributed by atoms with Gasteiger partial charge in [-0.2, -0.15) is 0 Å². The van der Waals surface area contributed by atoms with Crippen LogP contribution in [-0.4, -0.2) is 57.1 Å².